The largest absolute Gasteiger partial charge is 0.464 e. The zero-order chi connectivity index (χ0) is 12.1. The highest BCUT2D eigenvalue weighted by atomic mass is 79.9. The highest BCUT2D eigenvalue weighted by molar-refractivity contribution is 9.10. The Kier molecular flexibility index (Phi) is 4.80. The number of hydrogen-bond donors (Lipinski definition) is 1. The molecular formula is C12H16BrNO2. The Balaban J connectivity index is 2.69. The van der Waals surface area contributed by atoms with Crippen molar-refractivity contribution in [1.29, 1.82) is 0 Å². The summed E-state index contributed by atoms with van der Waals surface area (Å²) in [5, 5.41) is 3.13. The molecule has 0 spiro atoms. The van der Waals surface area contributed by atoms with Gasteiger partial charge in [0, 0.05) is 10.2 Å². The van der Waals surface area contributed by atoms with Crippen LogP contribution >= 0.6 is 15.9 Å². The second kappa shape index (κ2) is 5.89. The summed E-state index contributed by atoms with van der Waals surface area (Å²) in [5.41, 5.74) is 2.04. The van der Waals surface area contributed by atoms with E-state index in [1.807, 2.05) is 25.1 Å². The maximum absolute atomic E-state index is 11.4. The highest BCUT2D eigenvalue weighted by Gasteiger charge is 2.14. The van der Waals surface area contributed by atoms with Crippen molar-refractivity contribution >= 4 is 27.6 Å². The zero-order valence-corrected chi connectivity index (χ0v) is 11.3. The second-order valence-corrected chi connectivity index (χ2v) is 4.49. The van der Waals surface area contributed by atoms with Gasteiger partial charge >= 0.3 is 5.97 Å². The molecule has 88 valence electrons. The summed E-state index contributed by atoms with van der Waals surface area (Å²) >= 11 is 3.40. The third kappa shape index (κ3) is 3.52. The standard InChI is InChI=1S/C12H16BrNO2/c1-4-16-12(15)9(3)14-11-6-5-10(13)7-8(11)2/h5-7,9,14H,4H2,1-3H3. The molecule has 0 aliphatic rings. The molecule has 1 aromatic carbocycles. The SMILES string of the molecule is CCOC(=O)C(C)Nc1ccc(Br)cc1C. The molecule has 16 heavy (non-hydrogen) atoms. The van der Waals surface area contributed by atoms with E-state index in [-0.39, 0.29) is 12.0 Å². The molecule has 0 saturated carbocycles. The van der Waals surface area contributed by atoms with E-state index in [2.05, 4.69) is 21.2 Å². The lowest BCUT2D eigenvalue weighted by Gasteiger charge is -2.15. The maximum Gasteiger partial charge on any atom is 0.328 e. The van der Waals surface area contributed by atoms with Crippen LogP contribution in [0.3, 0.4) is 0 Å². The van der Waals surface area contributed by atoms with E-state index in [1.165, 1.54) is 0 Å². The van der Waals surface area contributed by atoms with Gasteiger partial charge in [-0.05, 0) is 44.5 Å². The van der Waals surface area contributed by atoms with Crippen LogP contribution in [-0.4, -0.2) is 18.6 Å². The van der Waals surface area contributed by atoms with Crippen LogP contribution in [0.25, 0.3) is 0 Å². The molecule has 4 heteroatoms. The van der Waals surface area contributed by atoms with Crippen molar-refractivity contribution in [3.05, 3.63) is 28.2 Å². The third-order valence-electron chi connectivity index (χ3n) is 2.20. The lowest BCUT2D eigenvalue weighted by molar-refractivity contribution is -0.143. The Bertz CT molecular complexity index is 379. The van der Waals surface area contributed by atoms with E-state index in [4.69, 9.17) is 4.74 Å². The molecule has 1 atom stereocenters. The van der Waals surface area contributed by atoms with Gasteiger partial charge in [0.2, 0.25) is 0 Å². The smallest absolute Gasteiger partial charge is 0.328 e. The van der Waals surface area contributed by atoms with Gasteiger partial charge < -0.3 is 10.1 Å². The summed E-state index contributed by atoms with van der Waals surface area (Å²) in [6.07, 6.45) is 0. The van der Waals surface area contributed by atoms with Crippen LogP contribution in [-0.2, 0) is 9.53 Å². The van der Waals surface area contributed by atoms with E-state index in [9.17, 15) is 4.79 Å². The van der Waals surface area contributed by atoms with E-state index in [1.54, 1.807) is 13.8 Å². The molecule has 3 nitrogen and oxygen atoms in total. The second-order valence-electron chi connectivity index (χ2n) is 3.58. The predicted octanol–water partition coefficient (Wildman–Crippen LogP) is 3.12. The van der Waals surface area contributed by atoms with Crippen LogP contribution in [0.5, 0.6) is 0 Å². The van der Waals surface area contributed by atoms with Crippen LogP contribution in [0, 0.1) is 6.92 Å². The number of carbonyl (C=O) groups excluding carboxylic acids is 1. The summed E-state index contributed by atoms with van der Waals surface area (Å²) in [7, 11) is 0. The summed E-state index contributed by atoms with van der Waals surface area (Å²) in [5.74, 6) is -0.232. The molecule has 1 aromatic rings. The number of ether oxygens (including phenoxy) is 1. The van der Waals surface area contributed by atoms with Crippen molar-refractivity contribution in [1.82, 2.24) is 0 Å². The Morgan fingerprint density at radius 2 is 2.25 bits per heavy atom. The van der Waals surface area contributed by atoms with Gasteiger partial charge in [0.1, 0.15) is 6.04 Å². The van der Waals surface area contributed by atoms with Crippen LogP contribution in [0.2, 0.25) is 0 Å². The van der Waals surface area contributed by atoms with Crippen molar-refractivity contribution in [3.8, 4) is 0 Å². The van der Waals surface area contributed by atoms with Crippen LogP contribution in [0.1, 0.15) is 19.4 Å². The molecule has 0 saturated heterocycles. The zero-order valence-electron chi connectivity index (χ0n) is 9.71. The van der Waals surface area contributed by atoms with Gasteiger partial charge in [-0.3, -0.25) is 0 Å². The fourth-order valence-electron chi connectivity index (χ4n) is 1.35. The first-order valence-electron chi connectivity index (χ1n) is 5.24. The molecule has 0 fully saturated rings. The van der Waals surface area contributed by atoms with Crippen molar-refractivity contribution in [2.45, 2.75) is 26.8 Å². The number of carbonyl (C=O) groups is 1. The van der Waals surface area contributed by atoms with Gasteiger partial charge in [-0.2, -0.15) is 0 Å². The molecule has 0 radical (unpaired) electrons. The predicted molar refractivity (Wildman–Crippen MR) is 68.6 cm³/mol. The quantitative estimate of drug-likeness (QED) is 0.864. The van der Waals surface area contributed by atoms with Gasteiger partial charge in [0.25, 0.3) is 0 Å². The molecule has 0 amide bonds. The average molecular weight is 286 g/mol. The molecule has 0 aliphatic carbocycles. The first-order chi connectivity index (χ1) is 7.54. The van der Waals surface area contributed by atoms with Crippen LogP contribution in [0.15, 0.2) is 22.7 Å². The number of hydrogen-bond acceptors (Lipinski definition) is 3. The van der Waals surface area contributed by atoms with E-state index < -0.39 is 0 Å². The minimum absolute atomic E-state index is 0.232. The van der Waals surface area contributed by atoms with Crippen molar-refractivity contribution in [2.24, 2.45) is 0 Å². The van der Waals surface area contributed by atoms with Crippen molar-refractivity contribution < 1.29 is 9.53 Å². The normalized spacial score (nSPS) is 12.0. The summed E-state index contributed by atoms with van der Waals surface area (Å²) in [6.45, 7) is 5.99. The molecule has 1 unspecified atom stereocenters. The molecule has 0 bridgehead atoms. The van der Waals surface area contributed by atoms with Crippen LogP contribution in [0.4, 0.5) is 5.69 Å². The number of nitrogens with one attached hydrogen (secondary N) is 1. The van der Waals surface area contributed by atoms with Crippen molar-refractivity contribution in [2.75, 3.05) is 11.9 Å². The lowest BCUT2D eigenvalue weighted by Crippen LogP contribution is -2.28. The summed E-state index contributed by atoms with van der Waals surface area (Å²) in [6, 6.07) is 5.54. The maximum atomic E-state index is 11.4. The lowest BCUT2D eigenvalue weighted by atomic mass is 10.2. The monoisotopic (exact) mass is 285 g/mol. The van der Waals surface area contributed by atoms with E-state index >= 15 is 0 Å². The Labute approximate surface area is 104 Å². The van der Waals surface area contributed by atoms with Gasteiger partial charge in [-0.15, -0.1) is 0 Å². The minimum Gasteiger partial charge on any atom is -0.464 e. The molecule has 1 N–H and O–H groups in total. The van der Waals surface area contributed by atoms with E-state index in [0.29, 0.717) is 6.61 Å². The third-order valence-corrected chi connectivity index (χ3v) is 2.69. The molecule has 0 aliphatic heterocycles. The molecule has 0 heterocycles. The van der Waals surface area contributed by atoms with Crippen LogP contribution < -0.4 is 5.32 Å². The highest BCUT2D eigenvalue weighted by Crippen LogP contribution is 2.20. The number of anilines is 1. The average Bonchev–Trinajstić information content (AvgIpc) is 2.22. The number of halogens is 1. The first-order valence-corrected chi connectivity index (χ1v) is 6.03. The topological polar surface area (TPSA) is 38.3 Å². The van der Waals surface area contributed by atoms with E-state index in [0.717, 1.165) is 15.7 Å². The Morgan fingerprint density at radius 1 is 1.56 bits per heavy atom. The van der Waals surface area contributed by atoms with Gasteiger partial charge in [-0.1, -0.05) is 15.9 Å². The summed E-state index contributed by atoms with van der Waals surface area (Å²) < 4.78 is 5.96. The number of rotatable bonds is 4. The Hall–Kier alpha value is -1.03. The fourth-order valence-corrected chi connectivity index (χ4v) is 1.82. The van der Waals surface area contributed by atoms with Gasteiger partial charge in [0.05, 0.1) is 6.61 Å². The molecular weight excluding hydrogens is 270 g/mol. The molecule has 1 rings (SSSR count). The van der Waals surface area contributed by atoms with Gasteiger partial charge in [0.15, 0.2) is 0 Å². The first kappa shape index (κ1) is 13.0. The minimum atomic E-state index is -0.333. The number of aryl methyl sites for hydroxylation is 1. The Morgan fingerprint density at radius 3 is 2.81 bits per heavy atom. The summed E-state index contributed by atoms with van der Waals surface area (Å²) in [4.78, 5) is 11.4. The number of esters is 1. The number of benzene rings is 1. The van der Waals surface area contributed by atoms with Gasteiger partial charge in [-0.25, -0.2) is 4.79 Å². The van der Waals surface area contributed by atoms with Crippen molar-refractivity contribution in [3.63, 3.8) is 0 Å². The molecule has 0 aromatic heterocycles. The fraction of sp³-hybridized carbons (Fsp3) is 0.417.